The predicted molar refractivity (Wildman–Crippen MR) is 86.4 cm³/mol. The lowest BCUT2D eigenvalue weighted by Crippen LogP contribution is -2.48. The minimum absolute atomic E-state index is 0.0476. The third kappa shape index (κ3) is 5.19. The number of urea groups is 1. The molecular formula is C17H23FN2O4. The average Bonchev–Trinajstić information content (AvgIpc) is 2.94. The number of carboxylic acids is 1. The summed E-state index contributed by atoms with van der Waals surface area (Å²) in [6.45, 7) is -0.333. The number of aliphatic hydroxyl groups excluding tert-OH is 1. The fourth-order valence-electron chi connectivity index (χ4n) is 2.96. The molecular weight excluding hydrogens is 315 g/mol. The zero-order chi connectivity index (χ0) is 17.5. The molecule has 3 N–H and O–H groups in total. The molecule has 1 heterocycles. The zero-order valence-electron chi connectivity index (χ0n) is 13.4. The third-order valence-corrected chi connectivity index (χ3v) is 4.19. The summed E-state index contributed by atoms with van der Waals surface area (Å²) >= 11 is 0. The summed E-state index contributed by atoms with van der Waals surface area (Å²) in [4.78, 5) is 24.5. The lowest BCUT2D eigenvalue weighted by atomic mass is 10.0. The summed E-state index contributed by atoms with van der Waals surface area (Å²) < 4.78 is 13.5. The molecule has 1 fully saturated rings. The highest BCUT2D eigenvalue weighted by molar-refractivity contribution is 5.75. The summed E-state index contributed by atoms with van der Waals surface area (Å²) in [5, 5.41) is 21.0. The van der Waals surface area contributed by atoms with Crippen LogP contribution in [0.15, 0.2) is 30.3 Å². The lowest BCUT2D eigenvalue weighted by Gasteiger charge is -2.26. The molecule has 1 aliphatic rings. The first-order valence-corrected chi connectivity index (χ1v) is 8.07. The van der Waals surface area contributed by atoms with Gasteiger partial charge in [-0.25, -0.2) is 9.18 Å². The van der Waals surface area contributed by atoms with Gasteiger partial charge in [0.05, 0.1) is 19.2 Å². The number of carbonyl (C=O) groups is 2. The fourth-order valence-corrected chi connectivity index (χ4v) is 2.96. The molecule has 1 aromatic rings. The summed E-state index contributed by atoms with van der Waals surface area (Å²) in [7, 11) is 0. The van der Waals surface area contributed by atoms with Crippen LogP contribution in [-0.2, 0) is 11.2 Å². The zero-order valence-corrected chi connectivity index (χ0v) is 13.4. The van der Waals surface area contributed by atoms with Crippen LogP contribution in [0.5, 0.6) is 0 Å². The van der Waals surface area contributed by atoms with E-state index in [1.54, 1.807) is 0 Å². The van der Waals surface area contributed by atoms with Gasteiger partial charge in [-0.15, -0.1) is 0 Å². The Morgan fingerprint density at radius 1 is 1.33 bits per heavy atom. The maximum Gasteiger partial charge on any atom is 0.318 e. The molecule has 0 bridgehead atoms. The van der Waals surface area contributed by atoms with E-state index < -0.39 is 24.2 Å². The molecule has 1 aromatic carbocycles. The molecule has 1 saturated heterocycles. The van der Waals surface area contributed by atoms with Crippen molar-refractivity contribution in [3.05, 3.63) is 35.9 Å². The van der Waals surface area contributed by atoms with Crippen molar-refractivity contribution < 1.29 is 24.2 Å². The SMILES string of the molecule is O=C(O)CCC(Cc1ccccc1)NC(=O)N1CC(F)CC1CO. The van der Waals surface area contributed by atoms with Crippen LogP contribution in [0.2, 0.25) is 0 Å². The molecule has 0 aliphatic carbocycles. The van der Waals surface area contributed by atoms with Crippen LogP contribution in [0, 0.1) is 0 Å². The van der Waals surface area contributed by atoms with Crippen LogP contribution in [0.1, 0.15) is 24.8 Å². The quantitative estimate of drug-likeness (QED) is 0.704. The standard InChI is InChI=1S/C17H23FN2O4/c18-13-9-15(11-21)20(10-13)17(24)19-14(6-7-16(22)23)8-12-4-2-1-3-5-12/h1-5,13-15,21H,6-11H2,(H,19,24)(H,22,23). The Labute approximate surface area is 140 Å². The number of carboxylic acid groups (broad SMARTS) is 1. The Morgan fingerprint density at radius 2 is 2.04 bits per heavy atom. The second-order valence-electron chi connectivity index (χ2n) is 6.09. The normalized spacial score (nSPS) is 21.5. The summed E-state index contributed by atoms with van der Waals surface area (Å²) in [5.74, 6) is -0.930. The highest BCUT2D eigenvalue weighted by Crippen LogP contribution is 2.20. The summed E-state index contributed by atoms with van der Waals surface area (Å²) in [5.41, 5.74) is 0.983. The van der Waals surface area contributed by atoms with Gasteiger partial charge in [-0.1, -0.05) is 30.3 Å². The van der Waals surface area contributed by atoms with Crippen LogP contribution in [-0.4, -0.2) is 58.5 Å². The van der Waals surface area contributed by atoms with Crippen molar-refractivity contribution in [2.75, 3.05) is 13.2 Å². The minimum atomic E-state index is -1.14. The number of alkyl halides is 1. The maximum atomic E-state index is 13.5. The topological polar surface area (TPSA) is 89.9 Å². The van der Waals surface area contributed by atoms with Gasteiger partial charge in [0.1, 0.15) is 6.17 Å². The second-order valence-corrected chi connectivity index (χ2v) is 6.09. The van der Waals surface area contributed by atoms with Gasteiger partial charge in [-0.05, 0) is 18.4 Å². The number of amides is 2. The van der Waals surface area contributed by atoms with Gasteiger partial charge >= 0.3 is 12.0 Å². The molecule has 3 atom stereocenters. The Hall–Kier alpha value is -2.15. The molecule has 132 valence electrons. The number of halogens is 1. The van der Waals surface area contributed by atoms with Crippen LogP contribution < -0.4 is 5.32 Å². The molecule has 0 saturated carbocycles. The number of rotatable bonds is 7. The molecule has 7 heteroatoms. The fraction of sp³-hybridized carbons (Fsp3) is 0.529. The molecule has 3 unspecified atom stereocenters. The van der Waals surface area contributed by atoms with E-state index in [0.29, 0.717) is 6.42 Å². The average molecular weight is 338 g/mol. The van der Waals surface area contributed by atoms with E-state index in [-0.39, 0.29) is 38.5 Å². The van der Waals surface area contributed by atoms with Crippen LogP contribution in [0.3, 0.4) is 0 Å². The van der Waals surface area contributed by atoms with Crippen molar-refractivity contribution >= 4 is 12.0 Å². The Balaban J connectivity index is 2.00. The largest absolute Gasteiger partial charge is 0.481 e. The molecule has 6 nitrogen and oxygen atoms in total. The van der Waals surface area contributed by atoms with Gasteiger partial charge in [-0.2, -0.15) is 0 Å². The van der Waals surface area contributed by atoms with E-state index in [0.717, 1.165) is 5.56 Å². The smallest absolute Gasteiger partial charge is 0.318 e. The first-order chi connectivity index (χ1) is 11.5. The van der Waals surface area contributed by atoms with E-state index >= 15 is 0 Å². The van der Waals surface area contributed by atoms with Crippen molar-refractivity contribution in [1.29, 1.82) is 0 Å². The maximum absolute atomic E-state index is 13.5. The van der Waals surface area contributed by atoms with E-state index in [1.165, 1.54) is 4.90 Å². The van der Waals surface area contributed by atoms with E-state index in [9.17, 15) is 19.1 Å². The Morgan fingerprint density at radius 3 is 2.67 bits per heavy atom. The van der Waals surface area contributed by atoms with Gasteiger partial charge in [0, 0.05) is 18.9 Å². The number of aliphatic carboxylic acids is 1. The number of aliphatic hydroxyl groups is 1. The number of hydrogen-bond acceptors (Lipinski definition) is 3. The van der Waals surface area contributed by atoms with E-state index in [2.05, 4.69) is 5.32 Å². The molecule has 1 aliphatic heterocycles. The van der Waals surface area contributed by atoms with Gasteiger partial charge < -0.3 is 20.4 Å². The van der Waals surface area contributed by atoms with Gasteiger partial charge in [0.25, 0.3) is 0 Å². The predicted octanol–water partition coefficient (Wildman–Crippen LogP) is 1.58. The van der Waals surface area contributed by atoms with Gasteiger partial charge in [-0.3, -0.25) is 4.79 Å². The number of nitrogens with zero attached hydrogens (tertiary/aromatic N) is 1. The monoisotopic (exact) mass is 338 g/mol. The van der Waals surface area contributed by atoms with Gasteiger partial charge in [0.2, 0.25) is 0 Å². The first-order valence-electron chi connectivity index (χ1n) is 8.07. The number of hydrogen-bond donors (Lipinski definition) is 3. The molecule has 0 radical (unpaired) electrons. The van der Waals surface area contributed by atoms with Crippen LogP contribution >= 0.6 is 0 Å². The summed E-state index contributed by atoms with van der Waals surface area (Å²) in [6.07, 6.45) is -0.294. The van der Waals surface area contributed by atoms with Crippen molar-refractivity contribution in [2.45, 2.75) is 43.9 Å². The molecule has 0 aromatic heterocycles. The number of carbonyl (C=O) groups excluding carboxylic acids is 1. The van der Waals surface area contributed by atoms with E-state index in [4.69, 9.17) is 5.11 Å². The molecule has 2 amide bonds. The van der Waals surface area contributed by atoms with Crippen molar-refractivity contribution in [3.8, 4) is 0 Å². The Bertz CT molecular complexity index is 555. The Kier molecular flexibility index (Phi) is 6.54. The lowest BCUT2D eigenvalue weighted by molar-refractivity contribution is -0.137. The van der Waals surface area contributed by atoms with Crippen molar-refractivity contribution in [1.82, 2.24) is 10.2 Å². The second kappa shape index (κ2) is 8.63. The molecule has 2 rings (SSSR count). The highest BCUT2D eigenvalue weighted by Gasteiger charge is 2.35. The van der Waals surface area contributed by atoms with Crippen LogP contribution in [0.25, 0.3) is 0 Å². The minimum Gasteiger partial charge on any atom is -0.481 e. The number of likely N-dealkylation sites (tertiary alicyclic amines) is 1. The molecule has 0 spiro atoms. The van der Waals surface area contributed by atoms with Crippen LogP contribution in [0.4, 0.5) is 9.18 Å². The summed E-state index contributed by atoms with van der Waals surface area (Å²) in [6, 6.07) is 8.09. The van der Waals surface area contributed by atoms with Crippen molar-refractivity contribution in [3.63, 3.8) is 0 Å². The van der Waals surface area contributed by atoms with Crippen molar-refractivity contribution in [2.24, 2.45) is 0 Å². The first kappa shape index (κ1) is 18.2. The molecule has 24 heavy (non-hydrogen) atoms. The van der Waals surface area contributed by atoms with E-state index in [1.807, 2.05) is 30.3 Å². The highest BCUT2D eigenvalue weighted by atomic mass is 19.1. The number of nitrogens with one attached hydrogen (secondary N) is 1. The van der Waals surface area contributed by atoms with Gasteiger partial charge in [0.15, 0.2) is 0 Å². The third-order valence-electron chi connectivity index (χ3n) is 4.19. The number of benzene rings is 1.